The van der Waals surface area contributed by atoms with Crippen molar-refractivity contribution in [3.05, 3.63) is 100 Å². The zero-order valence-electron chi connectivity index (χ0n) is 18.5. The summed E-state index contributed by atoms with van der Waals surface area (Å²) < 4.78 is 22.3. The van der Waals surface area contributed by atoms with Gasteiger partial charge in [-0.1, -0.05) is 31.2 Å². The monoisotopic (exact) mass is 462 g/mol. The minimum atomic E-state index is -0.696. The molecule has 2 aliphatic rings. The second-order valence-corrected chi connectivity index (χ2v) is 8.11. The summed E-state index contributed by atoms with van der Waals surface area (Å²) in [6, 6.07) is 10.2. The lowest BCUT2D eigenvalue weighted by atomic mass is 10.0. The molecule has 0 aliphatic carbocycles. The molecule has 174 valence electrons. The molecular weight excluding hydrogens is 439 g/mol. The standard InChI is InChI=1S/C25H23FN4O4/c1-2-16-7-6-14-34-24-17(8-5-9-18(24)26)21(19-10-3-4-12-27-19)30-15-28(16)25(33)22-23(32)20(31)11-13-29(22)30/h3-13,16,21,32H,2,14-15H2,1H3/b7-6+/t16-,21?/m0/s1. The summed E-state index contributed by atoms with van der Waals surface area (Å²) in [5, 5.41) is 12.4. The third kappa shape index (κ3) is 3.49. The number of nitrogens with zero attached hydrogens (tertiary/aromatic N) is 4. The molecule has 1 aromatic carbocycles. The molecule has 2 bridgehead atoms. The average Bonchev–Trinajstić information content (AvgIpc) is 2.87. The van der Waals surface area contributed by atoms with Crippen LogP contribution in [0.5, 0.6) is 11.5 Å². The third-order valence-corrected chi connectivity index (χ3v) is 6.15. The smallest absolute Gasteiger partial charge is 0.278 e. The Morgan fingerprint density at radius 1 is 1.18 bits per heavy atom. The van der Waals surface area contributed by atoms with Crippen molar-refractivity contribution in [3.8, 4) is 11.5 Å². The number of benzene rings is 1. The number of carbonyl (C=O) groups excluding carboxylic acids is 1. The minimum Gasteiger partial charge on any atom is -0.502 e. The Morgan fingerprint density at radius 2 is 2.03 bits per heavy atom. The van der Waals surface area contributed by atoms with Gasteiger partial charge in [0.05, 0.1) is 11.7 Å². The molecule has 0 spiro atoms. The molecular formula is C25H23FN4O4. The van der Waals surface area contributed by atoms with Crippen LogP contribution >= 0.6 is 0 Å². The number of rotatable bonds is 2. The molecule has 2 atom stereocenters. The van der Waals surface area contributed by atoms with E-state index in [1.807, 2.05) is 19.1 Å². The number of para-hydroxylation sites is 1. The first-order chi connectivity index (χ1) is 16.5. The zero-order chi connectivity index (χ0) is 23.8. The molecule has 5 rings (SSSR count). The fourth-order valence-corrected chi connectivity index (χ4v) is 4.52. The molecule has 0 saturated carbocycles. The van der Waals surface area contributed by atoms with E-state index in [4.69, 9.17) is 4.74 Å². The molecule has 2 aliphatic heterocycles. The molecule has 3 aromatic rings. The number of amides is 1. The normalized spacial score (nSPS) is 20.6. The number of carbonyl (C=O) groups is 1. The molecule has 0 fully saturated rings. The van der Waals surface area contributed by atoms with Crippen molar-refractivity contribution in [3.63, 3.8) is 0 Å². The number of pyridine rings is 2. The van der Waals surface area contributed by atoms with Gasteiger partial charge >= 0.3 is 0 Å². The zero-order valence-corrected chi connectivity index (χ0v) is 18.5. The summed E-state index contributed by atoms with van der Waals surface area (Å²) >= 11 is 0. The lowest BCUT2D eigenvalue weighted by Gasteiger charge is -2.45. The van der Waals surface area contributed by atoms with Crippen molar-refractivity contribution in [2.24, 2.45) is 0 Å². The Morgan fingerprint density at radius 3 is 2.79 bits per heavy atom. The van der Waals surface area contributed by atoms with E-state index in [1.165, 1.54) is 23.0 Å². The largest absolute Gasteiger partial charge is 0.502 e. The predicted octanol–water partition coefficient (Wildman–Crippen LogP) is 2.96. The second-order valence-electron chi connectivity index (χ2n) is 8.11. The second kappa shape index (κ2) is 8.66. The number of hydrogen-bond donors (Lipinski definition) is 1. The minimum absolute atomic E-state index is 0.0769. The molecule has 0 radical (unpaired) electrons. The first-order valence-corrected chi connectivity index (χ1v) is 11.0. The number of aromatic hydroxyl groups is 1. The van der Waals surface area contributed by atoms with Gasteiger partial charge in [-0.15, -0.1) is 0 Å². The number of aromatic nitrogens is 2. The SMILES string of the molecule is CC[C@H]1/C=C/COc2c(F)cccc2C(c2ccccn2)N2CN1C(=O)c1c(O)c(=O)ccn12. The highest BCUT2D eigenvalue weighted by Gasteiger charge is 2.40. The Hall–Kier alpha value is -4.14. The Kier molecular flexibility index (Phi) is 5.53. The molecule has 9 heteroatoms. The molecule has 1 amide bonds. The highest BCUT2D eigenvalue weighted by Crippen LogP contribution is 2.38. The van der Waals surface area contributed by atoms with Gasteiger partial charge in [0.15, 0.2) is 23.0 Å². The van der Waals surface area contributed by atoms with Crippen molar-refractivity contribution < 1.29 is 19.0 Å². The third-order valence-electron chi connectivity index (χ3n) is 6.15. The van der Waals surface area contributed by atoms with E-state index in [1.54, 1.807) is 46.4 Å². The van der Waals surface area contributed by atoms with Gasteiger partial charge in [-0.25, -0.2) is 4.39 Å². The van der Waals surface area contributed by atoms with Crippen molar-refractivity contribution >= 4 is 5.91 Å². The molecule has 0 saturated heterocycles. The lowest BCUT2D eigenvalue weighted by Crippen LogP contribution is -2.57. The van der Waals surface area contributed by atoms with Crippen LogP contribution in [-0.4, -0.2) is 44.9 Å². The van der Waals surface area contributed by atoms with Crippen LogP contribution in [-0.2, 0) is 0 Å². The summed E-state index contributed by atoms with van der Waals surface area (Å²) in [7, 11) is 0. The van der Waals surface area contributed by atoms with Gasteiger partial charge in [0, 0.05) is 24.0 Å². The first kappa shape index (κ1) is 21.7. The quantitative estimate of drug-likeness (QED) is 0.590. The highest BCUT2D eigenvalue weighted by atomic mass is 19.1. The van der Waals surface area contributed by atoms with Gasteiger partial charge in [-0.05, 0) is 30.7 Å². The van der Waals surface area contributed by atoms with Gasteiger partial charge in [0.25, 0.3) is 5.91 Å². The van der Waals surface area contributed by atoms with Crippen molar-refractivity contribution in [2.75, 3.05) is 18.3 Å². The fourth-order valence-electron chi connectivity index (χ4n) is 4.52. The number of hydrogen-bond acceptors (Lipinski definition) is 6. The fraction of sp³-hybridized carbons (Fsp3) is 0.240. The maximum atomic E-state index is 15.0. The summed E-state index contributed by atoms with van der Waals surface area (Å²) in [5.74, 6) is -1.55. The van der Waals surface area contributed by atoms with Gasteiger partial charge in [0.2, 0.25) is 5.43 Å². The van der Waals surface area contributed by atoms with Crippen molar-refractivity contribution in [2.45, 2.75) is 25.4 Å². The molecule has 1 unspecified atom stereocenters. The molecule has 34 heavy (non-hydrogen) atoms. The van der Waals surface area contributed by atoms with E-state index < -0.39 is 28.9 Å². The number of fused-ring (bicyclic) bond motifs is 5. The van der Waals surface area contributed by atoms with Gasteiger partial charge in [-0.3, -0.25) is 24.3 Å². The average molecular weight is 462 g/mol. The van der Waals surface area contributed by atoms with Crippen LogP contribution in [0.4, 0.5) is 4.39 Å². The Balaban J connectivity index is 1.83. The van der Waals surface area contributed by atoms with E-state index in [2.05, 4.69) is 4.98 Å². The van der Waals surface area contributed by atoms with Crippen molar-refractivity contribution in [1.29, 1.82) is 0 Å². The van der Waals surface area contributed by atoms with Gasteiger partial charge < -0.3 is 14.7 Å². The van der Waals surface area contributed by atoms with E-state index >= 15 is 4.39 Å². The molecule has 2 aromatic heterocycles. The highest BCUT2D eigenvalue weighted by molar-refractivity contribution is 5.96. The van der Waals surface area contributed by atoms with Gasteiger partial charge in [-0.2, -0.15) is 0 Å². The van der Waals surface area contributed by atoms with Crippen LogP contribution in [0, 0.1) is 5.82 Å². The lowest BCUT2D eigenvalue weighted by molar-refractivity contribution is 0.0625. The predicted molar refractivity (Wildman–Crippen MR) is 123 cm³/mol. The van der Waals surface area contributed by atoms with Crippen LogP contribution in [0.1, 0.15) is 41.1 Å². The van der Waals surface area contributed by atoms with E-state index in [-0.39, 0.29) is 30.8 Å². The Bertz CT molecular complexity index is 1320. The molecule has 4 heterocycles. The molecule has 1 N–H and O–H groups in total. The summed E-state index contributed by atoms with van der Waals surface area (Å²) in [6.45, 7) is 2.15. The van der Waals surface area contributed by atoms with E-state index in [0.29, 0.717) is 17.7 Å². The van der Waals surface area contributed by atoms with Crippen LogP contribution in [0.2, 0.25) is 0 Å². The van der Waals surface area contributed by atoms with Gasteiger partial charge in [0.1, 0.15) is 19.3 Å². The van der Waals surface area contributed by atoms with E-state index in [9.17, 15) is 14.7 Å². The maximum Gasteiger partial charge on any atom is 0.278 e. The Labute approximate surface area is 195 Å². The molecule has 8 nitrogen and oxygen atoms in total. The summed E-state index contributed by atoms with van der Waals surface area (Å²) in [5.41, 5.74) is 0.278. The maximum absolute atomic E-state index is 15.0. The number of ether oxygens (including phenoxy) is 1. The van der Waals surface area contributed by atoms with Crippen LogP contribution in [0.3, 0.4) is 0 Å². The van der Waals surface area contributed by atoms with Crippen LogP contribution < -0.4 is 15.2 Å². The van der Waals surface area contributed by atoms with Crippen molar-refractivity contribution in [1.82, 2.24) is 14.6 Å². The first-order valence-electron chi connectivity index (χ1n) is 11.0. The number of halogens is 1. The summed E-state index contributed by atoms with van der Waals surface area (Å²) in [4.78, 5) is 31.9. The van der Waals surface area contributed by atoms with E-state index in [0.717, 1.165) is 0 Å². The summed E-state index contributed by atoms with van der Waals surface area (Å²) in [6.07, 6.45) is 7.23. The van der Waals surface area contributed by atoms with Crippen LogP contribution in [0.15, 0.2) is 71.8 Å². The van der Waals surface area contributed by atoms with Crippen LogP contribution in [0.25, 0.3) is 0 Å². The topological polar surface area (TPSA) is 87.9 Å².